The quantitative estimate of drug-likeness (QED) is 0.762. The molecule has 19 heavy (non-hydrogen) atoms. The fourth-order valence-electron chi connectivity index (χ4n) is 2.80. The smallest absolute Gasteiger partial charge is 0.150 e. The lowest BCUT2D eigenvalue weighted by atomic mass is 9.79. The summed E-state index contributed by atoms with van der Waals surface area (Å²) in [5, 5.41) is 5.61. The van der Waals surface area contributed by atoms with Crippen molar-refractivity contribution in [1.82, 2.24) is 5.16 Å². The van der Waals surface area contributed by atoms with E-state index in [4.69, 9.17) is 4.52 Å². The van der Waals surface area contributed by atoms with Crippen LogP contribution < -0.4 is 0 Å². The molecule has 0 aliphatic heterocycles. The second-order valence-corrected chi connectivity index (χ2v) is 6.00. The molecule has 0 amide bonds. The van der Waals surface area contributed by atoms with Crippen LogP contribution in [0.3, 0.4) is 0 Å². The maximum atomic E-state index is 5.78. The molecule has 1 aromatic carbocycles. The van der Waals surface area contributed by atoms with Gasteiger partial charge in [0.25, 0.3) is 0 Å². The first-order valence-electron chi connectivity index (χ1n) is 7.23. The van der Waals surface area contributed by atoms with Crippen molar-refractivity contribution in [3.05, 3.63) is 28.0 Å². The molecule has 0 saturated heterocycles. The molecule has 0 aliphatic rings. The number of rotatable bonds is 3. The van der Waals surface area contributed by atoms with E-state index < -0.39 is 0 Å². The zero-order valence-corrected chi connectivity index (χ0v) is 13.3. The summed E-state index contributed by atoms with van der Waals surface area (Å²) in [5.74, 6) is 1.07. The van der Waals surface area contributed by atoms with E-state index in [9.17, 15) is 0 Å². The lowest BCUT2D eigenvalue weighted by Gasteiger charge is -2.24. The topological polar surface area (TPSA) is 26.0 Å². The molecular weight excluding hydrogens is 234 g/mol. The third-order valence-electron chi connectivity index (χ3n) is 5.22. The van der Waals surface area contributed by atoms with Gasteiger partial charge < -0.3 is 4.52 Å². The maximum Gasteiger partial charge on any atom is 0.150 e. The summed E-state index contributed by atoms with van der Waals surface area (Å²) in [6, 6.07) is 0. The van der Waals surface area contributed by atoms with Crippen LogP contribution in [0, 0.1) is 27.7 Å². The van der Waals surface area contributed by atoms with Gasteiger partial charge in [-0.3, -0.25) is 0 Å². The Kier molecular flexibility index (Phi) is 3.46. The van der Waals surface area contributed by atoms with Crippen LogP contribution in [-0.4, -0.2) is 5.16 Å². The van der Waals surface area contributed by atoms with E-state index in [1.807, 2.05) is 0 Å². The highest BCUT2D eigenvalue weighted by Crippen LogP contribution is 2.39. The van der Waals surface area contributed by atoms with E-state index in [-0.39, 0.29) is 5.41 Å². The Morgan fingerprint density at radius 3 is 1.95 bits per heavy atom. The molecule has 1 aromatic heterocycles. The van der Waals surface area contributed by atoms with E-state index >= 15 is 0 Å². The van der Waals surface area contributed by atoms with E-state index in [1.165, 1.54) is 27.6 Å². The Labute approximate surface area is 116 Å². The molecule has 2 aromatic rings. The standard InChI is InChI=1S/C17H25NO/c1-8-17(7,9-2)16-14-12(5)10(3)11(4)13(6)15(14)18-19-16/h8-9H2,1-7H3. The average molecular weight is 259 g/mol. The molecular formula is C17H25NO. The minimum Gasteiger partial charge on any atom is -0.360 e. The lowest BCUT2D eigenvalue weighted by Crippen LogP contribution is -2.19. The van der Waals surface area contributed by atoms with E-state index in [0.29, 0.717) is 0 Å². The first-order valence-corrected chi connectivity index (χ1v) is 7.23. The summed E-state index contributed by atoms with van der Waals surface area (Å²) in [4.78, 5) is 0. The Hall–Kier alpha value is -1.31. The van der Waals surface area contributed by atoms with Gasteiger partial charge in [-0.25, -0.2) is 0 Å². The van der Waals surface area contributed by atoms with E-state index in [2.05, 4.69) is 53.6 Å². The molecule has 1 heterocycles. The Morgan fingerprint density at radius 1 is 0.895 bits per heavy atom. The van der Waals surface area contributed by atoms with Crippen LogP contribution in [0.5, 0.6) is 0 Å². The molecule has 0 saturated carbocycles. The normalized spacial score (nSPS) is 12.4. The fourth-order valence-corrected chi connectivity index (χ4v) is 2.80. The summed E-state index contributed by atoms with van der Waals surface area (Å²) in [6.45, 7) is 15.4. The predicted octanol–water partition coefficient (Wildman–Crippen LogP) is 5.14. The van der Waals surface area contributed by atoms with Gasteiger partial charge in [-0.2, -0.15) is 0 Å². The van der Waals surface area contributed by atoms with Gasteiger partial charge in [-0.15, -0.1) is 0 Å². The molecule has 0 fully saturated rings. The molecule has 104 valence electrons. The summed E-state index contributed by atoms with van der Waals surface area (Å²) in [7, 11) is 0. The highest BCUT2D eigenvalue weighted by Gasteiger charge is 2.31. The van der Waals surface area contributed by atoms with Crippen LogP contribution in [0.2, 0.25) is 0 Å². The van der Waals surface area contributed by atoms with Crippen molar-refractivity contribution >= 4 is 10.9 Å². The number of nitrogens with zero attached hydrogens (tertiary/aromatic N) is 1. The molecule has 2 heteroatoms. The summed E-state index contributed by atoms with van der Waals surface area (Å²) in [5.41, 5.74) is 6.39. The van der Waals surface area contributed by atoms with Gasteiger partial charge >= 0.3 is 0 Å². The Bertz CT molecular complexity index is 618. The van der Waals surface area contributed by atoms with Crippen molar-refractivity contribution in [2.45, 2.75) is 66.7 Å². The molecule has 0 N–H and O–H groups in total. The van der Waals surface area contributed by atoms with Crippen molar-refractivity contribution < 1.29 is 4.52 Å². The average Bonchev–Trinajstić information content (AvgIpc) is 2.87. The van der Waals surface area contributed by atoms with E-state index in [1.54, 1.807) is 0 Å². The van der Waals surface area contributed by atoms with Crippen molar-refractivity contribution in [2.75, 3.05) is 0 Å². The zero-order valence-electron chi connectivity index (χ0n) is 13.3. The van der Waals surface area contributed by atoms with E-state index in [0.717, 1.165) is 24.1 Å². The monoisotopic (exact) mass is 259 g/mol. The van der Waals surface area contributed by atoms with Crippen molar-refractivity contribution in [3.8, 4) is 0 Å². The molecule has 0 aliphatic carbocycles. The zero-order chi connectivity index (χ0) is 14.4. The Morgan fingerprint density at radius 2 is 1.42 bits per heavy atom. The SMILES string of the molecule is CCC(C)(CC)c1onc2c(C)c(C)c(C)c(C)c12. The molecule has 2 nitrogen and oxygen atoms in total. The molecule has 0 spiro atoms. The lowest BCUT2D eigenvalue weighted by molar-refractivity contribution is 0.294. The molecule has 0 atom stereocenters. The van der Waals surface area contributed by atoms with Gasteiger partial charge in [0, 0.05) is 10.8 Å². The summed E-state index contributed by atoms with van der Waals surface area (Å²) < 4.78 is 5.78. The van der Waals surface area contributed by atoms with Gasteiger partial charge in [0.1, 0.15) is 5.52 Å². The fraction of sp³-hybridized carbons (Fsp3) is 0.588. The molecule has 0 radical (unpaired) electrons. The maximum absolute atomic E-state index is 5.78. The molecule has 0 unspecified atom stereocenters. The number of aryl methyl sites for hydroxylation is 2. The van der Waals surface area contributed by atoms with Gasteiger partial charge in [0.2, 0.25) is 0 Å². The van der Waals surface area contributed by atoms with Gasteiger partial charge in [-0.05, 0) is 62.8 Å². The minimum absolute atomic E-state index is 0.0770. The second kappa shape index (κ2) is 4.66. The number of hydrogen-bond acceptors (Lipinski definition) is 2. The van der Waals surface area contributed by atoms with Crippen LogP contribution in [0.15, 0.2) is 4.52 Å². The van der Waals surface area contributed by atoms with Crippen LogP contribution in [0.25, 0.3) is 10.9 Å². The number of fused-ring (bicyclic) bond motifs is 1. The third-order valence-corrected chi connectivity index (χ3v) is 5.22. The van der Waals surface area contributed by atoms with Crippen molar-refractivity contribution in [1.29, 1.82) is 0 Å². The number of hydrogen-bond donors (Lipinski definition) is 0. The Balaban J connectivity index is 2.88. The first-order chi connectivity index (χ1) is 8.87. The summed E-state index contributed by atoms with van der Waals surface area (Å²) >= 11 is 0. The number of benzene rings is 1. The highest BCUT2D eigenvalue weighted by atomic mass is 16.5. The molecule has 2 rings (SSSR count). The number of aromatic nitrogens is 1. The van der Waals surface area contributed by atoms with Gasteiger partial charge in [0.15, 0.2) is 5.76 Å². The second-order valence-electron chi connectivity index (χ2n) is 6.00. The van der Waals surface area contributed by atoms with Crippen LogP contribution in [0.4, 0.5) is 0 Å². The van der Waals surface area contributed by atoms with Crippen molar-refractivity contribution in [2.24, 2.45) is 0 Å². The largest absolute Gasteiger partial charge is 0.360 e. The van der Waals surface area contributed by atoms with Gasteiger partial charge in [-0.1, -0.05) is 25.9 Å². The third kappa shape index (κ3) is 1.89. The molecule has 0 bridgehead atoms. The summed E-state index contributed by atoms with van der Waals surface area (Å²) in [6.07, 6.45) is 2.14. The predicted molar refractivity (Wildman–Crippen MR) is 80.9 cm³/mol. The van der Waals surface area contributed by atoms with Crippen LogP contribution in [0.1, 0.15) is 61.6 Å². The highest BCUT2D eigenvalue weighted by molar-refractivity contribution is 5.89. The van der Waals surface area contributed by atoms with Crippen LogP contribution in [-0.2, 0) is 5.41 Å². The van der Waals surface area contributed by atoms with Crippen LogP contribution >= 0.6 is 0 Å². The van der Waals surface area contributed by atoms with Gasteiger partial charge in [0.05, 0.1) is 0 Å². The first kappa shape index (κ1) is 14.1. The van der Waals surface area contributed by atoms with Crippen molar-refractivity contribution in [3.63, 3.8) is 0 Å². The minimum atomic E-state index is 0.0770.